The van der Waals surface area contributed by atoms with Crippen molar-refractivity contribution in [2.24, 2.45) is 5.92 Å². The van der Waals surface area contributed by atoms with Crippen LogP contribution in [0.5, 0.6) is 0 Å². The van der Waals surface area contributed by atoms with Gasteiger partial charge < -0.3 is 9.47 Å². The van der Waals surface area contributed by atoms with Crippen LogP contribution in [0, 0.1) is 12.8 Å². The van der Waals surface area contributed by atoms with Crippen LogP contribution in [-0.2, 0) is 23.8 Å². The van der Waals surface area contributed by atoms with E-state index in [-0.39, 0.29) is 18.1 Å². The lowest BCUT2D eigenvalue weighted by molar-refractivity contribution is 0.0289. The molecule has 5 nitrogen and oxygen atoms in total. The average molecular weight is 316 g/mol. The van der Waals surface area contributed by atoms with Crippen molar-refractivity contribution in [1.29, 1.82) is 0 Å². The number of benzene rings is 1. The summed E-state index contributed by atoms with van der Waals surface area (Å²) >= 11 is 0. The van der Waals surface area contributed by atoms with Gasteiger partial charge in [-0.25, -0.2) is 0 Å². The standard InChI is InChI=1S/C15H24O5S/c1-13(2)12-19-9-8-18-10-11-20-21(16,17)15-6-4-14(3)5-7-15/h4-7,13H,8-12H2,1-3H3. The first-order valence-electron chi connectivity index (χ1n) is 7.03. The first kappa shape index (κ1) is 18.1. The third-order valence-corrected chi connectivity index (χ3v) is 3.93. The highest BCUT2D eigenvalue weighted by atomic mass is 32.2. The molecule has 21 heavy (non-hydrogen) atoms. The molecule has 120 valence electrons. The molecular formula is C15H24O5S. The molecule has 0 unspecified atom stereocenters. The maximum atomic E-state index is 11.9. The van der Waals surface area contributed by atoms with Crippen LogP contribution >= 0.6 is 0 Å². The normalized spacial score (nSPS) is 12.0. The zero-order chi connectivity index (χ0) is 15.7. The van der Waals surface area contributed by atoms with Crippen molar-refractivity contribution < 1.29 is 22.1 Å². The highest BCUT2D eigenvalue weighted by molar-refractivity contribution is 7.86. The predicted octanol–water partition coefficient (Wildman–Crippen LogP) is 2.39. The van der Waals surface area contributed by atoms with Crippen LogP contribution in [0.2, 0.25) is 0 Å². The van der Waals surface area contributed by atoms with Gasteiger partial charge >= 0.3 is 0 Å². The molecule has 1 aromatic carbocycles. The molecule has 0 saturated heterocycles. The van der Waals surface area contributed by atoms with Gasteiger partial charge in [-0.3, -0.25) is 4.18 Å². The van der Waals surface area contributed by atoms with Gasteiger partial charge in [0.05, 0.1) is 31.3 Å². The number of rotatable bonds is 10. The number of ether oxygens (including phenoxy) is 2. The average Bonchev–Trinajstić information content (AvgIpc) is 2.42. The second-order valence-electron chi connectivity index (χ2n) is 5.17. The highest BCUT2D eigenvalue weighted by Crippen LogP contribution is 2.12. The molecule has 0 amide bonds. The minimum absolute atomic E-state index is 0.000387. The van der Waals surface area contributed by atoms with Crippen molar-refractivity contribution in [2.75, 3.05) is 33.0 Å². The molecule has 1 aromatic rings. The Morgan fingerprint density at radius 2 is 1.52 bits per heavy atom. The Morgan fingerprint density at radius 1 is 0.952 bits per heavy atom. The minimum atomic E-state index is -3.70. The Hall–Kier alpha value is -0.950. The van der Waals surface area contributed by atoms with Crippen LogP contribution in [0.3, 0.4) is 0 Å². The first-order chi connectivity index (χ1) is 9.92. The monoisotopic (exact) mass is 316 g/mol. The molecule has 0 aliphatic heterocycles. The summed E-state index contributed by atoms with van der Waals surface area (Å²) in [6.07, 6.45) is 0. The van der Waals surface area contributed by atoms with Crippen LogP contribution in [0.1, 0.15) is 19.4 Å². The molecule has 0 N–H and O–H groups in total. The molecule has 6 heteroatoms. The van der Waals surface area contributed by atoms with Crippen LogP contribution < -0.4 is 0 Å². The van der Waals surface area contributed by atoms with Gasteiger partial charge in [0.1, 0.15) is 0 Å². The van der Waals surface area contributed by atoms with E-state index < -0.39 is 10.1 Å². The molecule has 0 saturated carbocycles. The molecule has 0 atom stereocenters. The Morgan fingerprint density at radius 3 is 2.14 bits per heavy atom. The molecule has 0 bridgehead atoms. The van der Waals surface area contributed by atoms with Gasteiger partial charge in [0.2, 0.25) is 0 Å². The maximum Gasteiger partial charge on any atom is 0.297 e. The number of hydrogen-bond acceptors (Lipinski definition) is 5. The van der Waals surface area contributed by atoms with E-state index in [0.29, 0.717) is 25.7 Å². The summed E-state index contributed by atoms with van der Waals surface area (Å²) in [5, 5.41) is 0. The van der Waals surface area contributed by atoms with Crippen LogP contribution in [0.25, 0.3) is 0 Å². The summed E-state index contributed by atoms with van der Waals surface area (Å²) in [6.45, 7) is 7.89. The van der Waals surface area contributed by atoms with Gasteiger partial charge in [-0.05, 0) is 25.0 Å². The van der Waals surface area contributed by atoms with E-state index in [1.807, 2.05) is 6.92 Å². The summed E-state index contributed by atoms with van der Waals surface area (Å²) < 4.78 is 39.2. The minimum Gasteiger partial charge on any atom is -0.379 e. The van der Waals surface area contributed by atoms with Gasteiger partial charge in [0.15, 0.2) is 0 Å². The van der Waals surface area contributed by atoms with Gasteiger partial charge in [0.25, 0.3) is 10.1 Å². The fraction of sp³-hybridized carbons (Fsp3) is 0.600. The Balaban J connectivity index is 2.18. The van der Waals surface area contributed by atoms with Crippen LogP contribution in [0.4, 0.5) is 0 Å². The largest absolute Gasteiger partial charge is 0.379 e. The number of aryl methyl sites for hydroxylation is 1. The summed E-state index contributed by atoms with van der Waals surface area (Å²) in [4.78, 5) is 0.161. The van der Waals surface area contributed by atoms with Gasteiger partial charge in [0, 0.05) is 6.61 Å². The second-order valence-corrected chi connectivity index (χ2v) is 6.79. The quantitative estimate of drug-likeness (QED) is 0.490. The molecule has 0 aliphatic rings. The lowest BCUT2D eigenvalue weighted by Gasteiger charge is -2.08. The smallest absolute Gasteiger partial charge is 0.297 e. The maximum absolute atomic E-state index is 11.9. The van der Waals surface area contributed by atoms with E-state index in [4.69, 9.17) is 13.7 Å². The van der Waals surface area contributed by atoms with Crippen LogP contribution in [-0.4, -0.2) is 41.5 Å². The molecule has 0 fully saturated rings. The van der Waals surface area contributed by atoms with E-state index in [2.05, 4.69) is 13.8 Å². The number of hydrogen-bond donors (Lipinski definition) is 0. The second kappa shape index (κ2) is 9.15. The third-order valence-electron chi connectivity index (χ3n) is 2.60. The van der Waals surface area contributed by atoms with Crippen molar-refractivity contribution in [3.63, 3.8) is 0 Å². The molecule has 0 radical (unpaired) electrons. The Kier molecular flexibility index (Phi) is 7.88. The third kappa shape index (κ3) is 7.57. The SMILES string of the molecule is Cc1ccc(S(=O)(=O)OCCOCCOCC(C)C)cc1. The highest BCUT2D eigenvalue weighted by Gasteiger charge is 2.14. The molecule has 1 rings (SSSR count). The summed E-state index contributed by atoms with van der Waals surface area (Å²) in [5.41, 5.74) is 0.999. The fourth-order valence-electron chi connectivity index (χ4n) is 1.51. The van der Waals surface area contributed by atoms with Gasteiger partial charge in [-0.1, -0.05) is 31.5 Å². The van der Waals surface area contributed by atoms with Crippen molar-refractivity contribution in [3.05, 3.63) is 29.8 Å². The summed E-state index contributed by atoms with van der Waals surface area (Å²) in [7, 11) is -3.70. The van der Waals surface area contributed by atoms with E-state index in [1.54, 1.807) is 12.1 Å². The topological polar surface area (TPSA) is 61.8 Å². The summed E-state index contributed by atoms with van der Waals surface area (Å²) in [5.74, 6) is 0.494. The van der Waals surface area contributed by atoms with Crippen LogP contribution in [0.15, 0.2) is 29.2 Å². The fourth-order valence-corrected chi connectivity index (χ4v) is 2.41. The van der Waals surface area contributed by atoms with Crippen molar-refractivity contribution in [3.8, 4) is 0 Å². The molecule has 0 aromatic heterocycles. The van der Waals surface area contributed by atoms with E-state index in [9.17, 15) is 8.42 Å². The van der Waals surface area contributed by atoms with E-state index in [1.165, 1.54) is 12.1 Å². The molecule has 0 heterocycles. The van der Waals surface area contributed by atoms with Gasteiger partial charge in [-0.2, -0.15) is 8.42 Å². The zero-order valence-corrected chi connectivity index (χ0v) is 13.7. The van der Waals surface area contributed by atoms with E-state index >= 15 is 0 Å². The van der Waals surface area contributed by atoms with Crippen molar-refractivity contribution in [2.45, 2.75) is 25.7 Å². The molecular weight excluding hydrogens is 292 g/mol. The lowest BCUT2D eigenvalue weighted by Crippen LogP contribution is -2.14. The lowest BCUT2D eigenvalue weighted by atomic mass is 10.2. The molecule has 0 aliphatic carbocycles. The Bertz CT molecular complexity index is 493. The van der Waals surface area contributed by atoms with Crippen molar-refractivity contribution in [1.82, 2.24) is 0 Å². The van der Waals surface area contributed by atoms with Gasteiger partial charge in [-0.15, -0.1) is 0 Å². The van der Waals surface area contributed by atoms with E-state index in [0.717, 1.165) is 5.56 Å². The zero-order valence-electron chi connectivity index (χ0n) is 12.9. The first-order valence-corrected chi connectivity index (χ1v) is 8.44. The predicted molar refractivity (Wildman–Crippen MR) is 80.8 cm³/mol. The Labute approximate surface area is 127 Å². The molecule has 0 spiro atoms. The van der Waals surface area contributed by atoms with Crippen molar-refractivity contribution >= 4 is 10.1 Å². The summed E-state index contributed by atoms with van der Waals surface area (Å²) in [6, 6.07) is 6.54.